The van der Waals surface area contributed by atoms with Crippen molar-refractivity contribution in [3.05, 3.63) is 0 Å². The highest BCUT2D eigenvalue weighted by Crippen LogP contribution is 1.69. The lowest BCUT2D eigenvalue weighted by molar-refractivity contribution is -0.903. The fraction of sp³-hybridized carbons (Fsp3) is 1.00. The van der Waals surface area contributed by atoms with E-state index >= 15 is 0 Å². The zero-order chi connectivity index (χ0) is 8.69. The molecular weight excluding hydrogens is 146 g/mol. The zero-order valence-electron chi connectivity index (χ0n) is 6.95. The molecule has 4 nitrogen and oxygen atoms in total. The Bertz CT molecular complexity index is 81.8. The molecule has 0 aromatic carbocycles. The molecule has 0 spiro atoms. The topological polar surface area (TPSA) is 65.1 Å². The molecule has 0 aliphatic carbocycles. The lowest BCUT2D eigenvalue weighted by Crippen LogP contribution is -3.14. The van der Waals surface area contributed by atoms with E-state index in [1.165, 1.54) is 0 Å². The van der Waals surface area contributed by atoms with E-state index in [9.17, 15) is 0 Å². The van der Waals surface area contributed by atoms with Crippen LogP contribution in [0.25, 0.3) is 0 Å². The zero-order valence-corrected chi connectivity index (χ0v) is 6.95. The number of hydrogen-bond donors (Lipinski definition) is 4. The summed E-state index contributed by atoms with van der Waals surface area (Å²) in [6.07, 6.45) is -0.372. The molecule has 0 bridgehead atoms. The van der Waals surface area contributed by atoms with Gasteiger partial charge < -0.3 is 20.2 Å². The van der Waals surface area contributed by atoms with E-state index in [4.69, 9.17) is 15.3 Å². The summed E-state index contributed by atoms with van der Waals surface area (Å²) in [6.45, 7) is 3.66. The summed E-state index contributed by atoms with van der Waals surface area (Å²) in [7, 11) is 0. The third kappa shape index (κ3) is 6.25. The maximum Gasteiger partial charge on any atom is 0.103 e. The molecule has 0 aromatic heterocycles. The Labute approximate surface area is 67.1 Å². The lowest BCUT2D eigenvalue weighted by Gasteiger charge is -2.18. The van der Waals surface area contributed by atoms with E-state index in [0.29, 0.717) is 19.6 Å². The van der Waals surface area contributed by atoms with Gasteiger partial charge >= 0.3 is 0 Å². The Morgan fingerprint density at radius 1 is 1.18 bits per heavy atom. The van der Waals surface area contributed by atoms with Crippen molar-refractivity contribution in [3.63, 3.8) is 0 Å². The molecule has 0 aliphatic heterocycles. The maximum atomic E-state index is 8.99. The second kappa shape index (κ2) is 6.54. The smallest absolute Gasteiger partial charge is 0.103 e. The minimum absolute atomic E-state index is 0.0993. The molecule has 4 N–H and O–H groups in total. The van der Waals surface area contributed by atoms with Gasteiger partial charge in [0.25, 0.3) is 0 Å². The summed E-state index contributed by atoms with van der Waals surface area (Å²) in [5, 5.41) is 26.2. The summed E-state index contributed by atoms with van der Waals surface area (Å²) in [6, 6.07) is 0. The normalized spacial score (nSPS) is 13.9. The van der Waals surface area contributed by atoms with Crippen LogP contribution < -0.4 is 4.90 Å². The largest absolute Gasteiger partial charge is 0.391 e. The van der Waals surface area contributed by atoms with Gasteiger partial charge in [-0.25, -0.2) is 0 Å². The minimum Gasteiger partial charge on any atom is -0.391 e. The third-order valence-electron chi connectivity index (χ3n) is 1.51. The van der Waals surface area contributed by atoms with Gasteiger partial charge in [-0.1, -0.05) is 0 Å². The van der Waals surface area contributed by atoms with Gasteiger partial charge in [-0.3, -0.25) is 0 Å². The predicted octanol–water partition coefficient (Wildman–Crippen LogP) is -2.76. The van der Waals surface area contributed by atoms with Gasteiger partial charge in [0.1, 0.15) is 25.7 Å². The van der Waals surface area contributed by atoms with Crippen molar-refractivity contribution in [1.82, 2.24) is 0 Å². The summed E-state index contributed by atoms with van der Waals surface area (Å²) in [4.78, 5) is 1.03. The van der Waals surface area contributed by atoms with E-state index in [1.807, 2.05) is 0 Å². The molecule has 0 saturated heterocycles. The van der Waals surface area contributed by atoms with Gasteiger partial charge in [-0.05, 0) is 6.92 Å². The van der Waals surface area contributed by atoms with Crippen LogP contribution in [0.5, 0.6) is 0 Å². The second-order valence-electron chi connectivity index (χ2n) is 2.75. The Hall–Kier alpha value is -0.160. The van der Waals surface area contributed by atoms with Crippen molar-refractivity contribution in [1.29, 1.82) is 0 Å². The Morgan fingerprint density at radius 2 is 1.64 bits per heavy atom. The maximum absolute atomic E-state index is 8.99. The molecule has 11 heavy (non-hydrogen) atoms. The van der Waals surface area contributed by atoms with E-state index in [1.54, 1.807) is 6.92 Å². The summed E-state index contributed by atoms with van der Waals surface area (Å²) in [5.74, 6) is 0. The first-order chi connectivity index (χ1) is 5.20. The fourth-order valence-electron chi connectivity index (χ4n) is 1.06. The van der Waals surface area contributed by atoms with Crippen LogP contribution in [0.15, 0.2) is 0 Å². The van der Waals surface area contributed by atoms with Gasteiger partial charge in [0.05, 0.1) is 13.2 Å². The van der Waals surface area contributed by atoms with Gasteiger partial charge in [0.2, 0.25) is 0 Å². The van der Waals surface area contributed by atoms with Crippen LogP contribution in [0.4, 0.5) is 0 Å². The monoisotopic (exact) mass is 164 g/mol. The van der Waals surface area contributed by atoms with Crippen molar-refractivity contribution in [2.75, 3.05) is 32.8 Å². The number of quaternary nitrogens is 1. The number of rotatable bonds is 6. The molecule has 0 aliphatic rings. The van der Waals surface area contributed by atoms with Crippen LogP contribution in [-0.4, -0.2) is 54.3 Å². The van der Waals surface area contributed by atoms with Crippen LogP contribution in [0, 0.1) is 0 Å². The number of aliphatic hydroxyl groups is 3. The summed E-state index contributed by atoms with van der Waals surface area (Å²) >= 11 is 0. The molecule has 0 heterocycles. The quantitative estimate of drug-likeness (QED) is 0.344. The van der Waals surface area contributed by atoms with Crippen LogP contribution in [-0.2, 0) is 0 Å². The Morgan fingerprint density at radius 3 is 1.91 bits per heavy atom. The van der Waals surface area contributed by atoms with Crippen LogP contribution >= 0.6 is 0 Å². The van der Waals surface area contributed by atoms with Gasteiger partial charge in [0.15, 0.2) is 0 Å². The molecule has 68 valence electrons. The number of aliphatic hydroxyl groups excluding tert-OH is 3. The molecule has 0 unspecified atom stereocenters. The van der Waals surface area contributed by atoms with Crippen LogP contribution in [0.3, 0.4) is 0 Å². The molecule has 1 atom stereocenters. The first kappa shape index (κ1) is 10.8. The highest BCUT2D eigenvalue weighted by atomic mass is 16.3. The lowest BCUT2D eigenvalue weighted by atomic mass is 10.3. The van der Waals surface area contributed by atoms with E-state index in [2.05, 4.69) is 0 Å². The number of hydrogen-bond acceptors (Lipinski definition) is 3. The molecule has 0 aromatic rings. The molecule has 0 rings (SSSR count). The Kier molecular flexibility index (Phi) is 6.45. The standard InChI is InChI=1S/C7H17NO3/c1-7(11)6-8(2-4-9)3-5-10/h7,9-11H,2-6H2,1H3/p+1/t7-/m1/s1. The van der Waals surface area contributed by atoms with Crippen molar-refractivity contribution in [2.45, 2.75) is 13.0 Å². The summed E-state index contributed by atoms with van der Waals surface area (Å²) in [5.41, 5.74) is 0. The predicted molar refractivity (Wildman–Crippen MR) is 41.4 cm³/mol. The third-order valence-corrected chi connectivity index (χ3v) is 1.51. The van der Waals surface area contributed by atoms with Crippen LogP contribution in [0.1, 0.15) is 6.92 Å². The highest BCUT2D eigenvalue weighted by Gasteiger charge is 2.09. The highest BCUT2D eigenvalue weighted by molar-refractivity contribution is 4.40. The van der Waals surface area contributed by atoms with Crippen molar-refractivity contribution in [3.8, 4) is 0 Å². The van der Waals surface area contributed by atoms with Gasteiger partial charge in [-0.2, -0.15) is 0 Å². The molecule has 0 fully saturated rings. The van der Waals surface area contributed by atoms with Gasteiger partial charge in [0, 0.05) is 0 Å². The molecule has 0 amide bonds. The van der Waals surface area contributed by atoms with E-state index in [-0.39, 0.29) is 19.3 Å². The van der Waals surface area contributed by atoms with Gasteiger partial charge in [-0.15, -0.1) is 0 Å². The fourth-order valence-corrected chi connectivity index (χ4v) is 1.06. The van der Waals surface area contributed by atoms with Crippen molar-refractivity contribution < 1.29 is 20.2 Å². The molecule has 0 saturated carbocycles. The van der Waals surface area contributed by atoms with Crippen molar-refractivity contribution in [2.24, 2.45) is 0 Å². The average Bonchev–Trinajstić information content (AvgIpc) is 1.87. The minimum atomic E-state index is -0.372. The first-order valence-electron chi connectivity index (χ1n) is 3.94. The van der Waals surface area contributed by atoms with Crippen molar-refractivity contribution >= 4 is 0 Å². The first-order valence-corrected chi connectivity index (χ1v) is 3.94. The molecular formula is C7H18NO3+. The van der Waals surface area contributed by atoms with E-state index in [0.717, 1.165) is 4.90 Å². The Balaban J connectivity index is 3.50. The number of nitrogens with one attached hydrogen (secondary N) is 1. The molecule has 0 radical (unpaired) electrons. The molecule has 4 heteroatoms. The van der Waals surface area contributed by atoms with Crippen LogP contribution in [0.2, 0.25) is 0 Å². The van der Waals surface area contributed by atoms with E-state index < -0.39 is 0 Å². The second-order valence-corrected chi connectivity index (χ2v) is 2.75. The SMILES string of the molecule is C[C@@H](O)C[NH+](CCO)CCO. The summed E-state index contributed by atoms with van der Waals surface area (Å²) < 4.78 is 0. The average molecular weight is 164 g/mol.